The third kappa shape index (κ3) is 4.87. The Morgan fingerprint density at radius 2 is 2.33 bits per heavy atom. The highest BCUT2D eigenvalue weighted by Gasteiger charge is 2.01. The van der Waals surface area contributed by atoms with E-state index >= 15 is 0 Å². The van der Waals surface area contributed by atoms with Crippen LogP contribution in [-0.2, 0) is 21.9 Å². The van der Waals surface area contributed by atoms with Gasteiger partial charge in [0.25, 0.3) is 0 Å². The van der Waals surface area contributed by atoms with Crippen molar-refractivity contribution in [3.05, 3.63) is 23.7 Å². The number of rotatable bonds is 7. The van der Waals surface area contributed by atoms with Gasteiger partial charge in [0.05, 0.1) is 12.3 Å². The summed E-state index contributed by atoms with van der Waals surface area (Å²) in [5.41, 5.74) is 7.47. The van der Waals surface area contributed by atoms with E-state index in [-0.39, 0.29) is 6.61 Å². The van der Waals surface area contributed by atoms with Crippen molar-refractivity contribution in [1.29, 1.82) is 0 Å². The molecule has 3 N–H and O–H groups in total. The average Bonchev–Trinajstić information content (AvgIpc) is 2.61. The number of carbonyl (C=O) groups is 1. The third-order valence-electron chi connectivity index (χ3n) is 1.57. The molecule has 1 aromatic heterocycles. The monoisotopic (exact) mass is 230 g/mol. The van der Waals surface area contributed by atoms with Crippen LogP contribution in [0.25, 0.3) is 0 Å². The highest BCUT2D eigenvalue weighted by Crippen LogP contribution is 2.12. The van der Waals surface area contributed by atoms with Gasteiger partial charge < -0.3 is 10.2 Å². The Hall–Kier alpha value is -0.980. The van der Waals surface area contributed by atoms with Gasteiger partial charge in [0.15, 0.2) is 0 Å². The Bertz CT molecular complexity index is 314. The van der Waals surface area contributed by atoms with Crippen LogP contribution in [0.5, 0.6) is 0 Å². The zero-order chi connectivity index (χ0) is 11.1. The normalized spacial score (nSPS) is 10.5. The Balaban J connectivity index is 2.22. The van der Waals surface area contributed by atoms with Crippen molar-refractivity contribution in [2.75, 3.05) is 12.9 Å². The summed E-state index contributed by atoms with van der Waals surface area (Å²) in [6.45, 7) is 0.278. The number of primary amides is 1. The van der Waals surface area contributed by atoms with Crippen molar-refractivity contribution in [3.63, 3.8) is 0 Å². The average molecular weight is 230 g/mol. The maximum Gasteiger partial charge on any atom is 0.245 e. The quantitative estimate of drug-likeness (QED) is 0.531. The van der Waals surface area contributed by atoms with Crippen molar-refractivity contribution in [2.45, 2.75) is 12.3 Å². The van der Waals surface area contributed by atoms with Crippen LogP contribution in [-0.4, -0.2) is 18.8 Å². The molecule has 0 unspecified atom stereocenters. The van der Waals surface area contributed by atoms with Gasteiger partial charge in [-0.2, -0.15) is 17.2 Å². The second-order valence-corrected chi connectivity index (χ2v) is 3.74. The molecule has 0 spiro atoms. The molecule has 0 saturated heterocycles. The minimum atomic E-state index is -0.509. The van der Waals surface area contributed by atoms with Crippen LogP contribution in [0.3, 0.4) is 0 Å². The molecule has 6 heteroatoms. The fourth-order valence-electron chi connectivity index (χ4n) is 0.981. The topological polar surface area (TPSA) is 77.5 Å². The Kier molecular flexibility index (Phi) is 5.23. The van der Waals surface area contributed by atoms with Gasteiger partial charge in [-0.3, -0.25) is 9.63 Å². The molecule has 15 heavy (non-hydrogen) atoms. The maximum absolute atomic E-state index is 10.3. The Labute approximate surface area is 92.3 Å². The van der Waals surface area contributed by atoms with Gasteiger partial charge in [0.1, 0.15) is 18.1 Å². The van der Waals surface area contributed by atoms with E-state index in [9.17, 15) is 4.79 Å². The number of hydroxylamine groups is 1. The number of nitrogens with two attached hydrogens (primary N) is 1. The van der Waals surface area contributed by atoms with Crippen molar-refractivity contribution < 1.29 is 14.0 Å². The maximum atomic E-state index is 10.3. The second kappa shape index (κ2) is 6.49. The Morgan fingerprint density at radius 3 is 3.00 bits per heavy atom. The molecule has 0 aliphatic rings. The standard InChI is InChI=1S/C9H14N2O3S/c1-15-6-8-3-2-7(14-8)4-11-13-5-9(10)12/h2-3,11H,4-6H2,1H3,(H2,10,12). The van der Waals surface area contributed by atoms with Crippen LogP contribution in [0.1, 0.15) is 11.5 Å². The predicted molar refractivity (Wildman–Crippen MR) is 57.9 cm³/mol. The van der Waals surface area contributed by atoms with Gasteiger partial charge in [-0.1, -0.05) is 0 Å². The van der Waals surface area contributed by atoms with Gasteiger partial charge >= 0.3 is 0 Å². The highest BCUT2D eigenvalue weighted by molar-refractivity contribution is 7.97. The van der Waals surface area contributed by atoms with Crippen molar-refractivity contribution in [2.24, 2.45) is 5.73 Å². The molecule has 1 amide bonds. The minimum absolute atomic E-state index is 0.140. The fraction of sp³-hybridized carbons (Fsp3) is 0.444. The number of thioether (sulfide) groups is 1. The molecule has 0 aromatic carbocycles. The molecule has 84 valence electrons. The van der Waals surface area contributed by atoms with Crippen molar-refractivity contribution >= 4 is 17.7 Å². The SMILES string of the molecule is CSCc1ccc(CNOCC(N)=O)o1. The van der Waals surface area contributed by atoms with Gasteiger partial charge in [-0.25, -0.2) is 0 Å². The third-order valence-corrected chi connectivity index (χ3v) is 2.14. The second-order valence-electron chi connectivity index (χ2n) is 2.88. The zero-order valence-corrected chi connectivity index (χ0v) is 9.30. The van der Waals surface area contributed by atoms with Crippen LogP contribution in [0.15, 0.2) is 16.5 Å². The van der Waals surface area contributed by atoms with Gasteiger partial charge in [0, 0.05) is 0 Å². The lowest BCUT2D eigenvalue weighted by atomic mass is 10.4. The van der Waals surface area contributed by atoms with E-state index in [2.05, 4.69) is 5.48 Å². The minimum Gasteiger partial charge on any atom is -0.464 e. The molecule has 0 saturated carbocycles. The van der Waals surface area contributed by atoms with Gasteiger partial charge in [0.2, 0.25) is 5.91 Å². The van der Waals surface area contributed by atoms with Crippen LogP contribution in [0.4, 0.5) is 0 Å². The van der Waals surface area contributed by atoms with E-state index < -0.39 is 5.91 Å². The summed E-state index contributed by atoms with van der Waals surface area (Å²) in [7, 11) is 0. The van der Waals surface area contributed by atoms with Crippen LogP contribution >= 0.6 is 11.8 Å². The zero-order valence-electron chi connectivity index (χ0n) is 8.49. The molecule has 0 radical (unpaired) electrons. The number of amides is 1. The van der Waals surface area contributed by atoms with Gasteiger partial charge in [-0.15, -0.1) is 0 Å². The fourth-order valence-corrected chi connectivity index (χ4v) is 1.42. The summed E-state index contributed by atoms with van der Waals surface area (Å²) in [5.74, 6) is 2.03. The molecule has 1 rings (SSSR count). The lowest BCUT2D eigenvalue weighted by molar-refractivity contribution is -0.125. The lowest BCUT2D eigenvalue weighted by Gasteiger charge is -2.01. The largest absolute Gasteiger partial charge is 0.464 e. The van der Waals surface area contributed by atoms with E-state index in [1.54, 1.807) is 11.8 Å². The van der Waals surface area contributed by atoms with E-state index in [1.165, 1.54) is 0 Å². The summed E-state index contributed by atoms with van der Waals surface area (Å²) in [6.07, 6.45) is 2.01. The Morgan fingerprint density at radius 1 is 1.60 bits per heavy atom. The van der Waals surface area contributed by atoms with Crippen molar-refractivity contribution in [3.8, 4) is 0 Å². The van der Waals surface area contributed by atoms with E-state index in [4.69, 9.17) is 15.0 Å². The number of furan rings is 1. The first-order valence-electron chi connectivity index (χ1n) is 4.42. The first-order chi connectivity index (χ1) is 7.22. The molecule has 1 aromatic rings. The smallest absolute Gasteiger partial charge is 0.245 e. The summed E-state index contributed by atoms with van der Waals surface area (Å²) in [5, 5.41) is 0. The van der Waals surface area contributed by atoms with E-state index in [0.717, 1.165) is 17.3 Å². The molecule has 1 heterocycles. The highest BCUT2D eigenvalue weighted by atomic mass is 32.2. The molecule has 0 atom stereocenters. The molecular weight excluding hydrogens is 216 g/mol. The lowest BCUT2D eigenvalue weighted by Crippen LogP contribution is -2.24. The van der Waals surface area contributed by atoms with E-state index in [0.29, 0.717) is 6.54 Å². The van der Waals surface area contributed by atoms with Gasteiger partial charge in [-0.05, 0) is 18.4 Å². The van der Waals surface area contributed by atoms with Crippen LogP contribution in [0, 0.1) is 0 Å². The molecule has 0 fully saturated rings. The first-order valence-corrected chi connectivity index (χ1v) is 5.81. The number of nitrogens with one attached hydrogen (secondary N) is 1. The summed E-state index contributed by atoms with van der Waals surface area (Å²) in [6, 6.07) is 3.79. The molecule has 0 bridgehead atoms. The summed E-state index contributed by atoms with van der Waals surface area (Å²) < 4.78 is 5.45. The summed E-state index contributed by atoms with van der Waals surface area (Å²) >= 11 is 1.69. The van der Waals surface area contributed by atoms with Crippen molar-refractivity contribution in [1.82, 2.24) is 5.48 Å². The predicted octanol–water partition coefficient (Wildman–Crippen LogP) is 0.649. The van der Waals surface area contributed by atoms with Crippen LogP contribution < -0.4 is 11.2 Å². The number of hydrogen-bond acceptors (Lipinski definition) is 5. The number of carbonyl (C=O) groups excluding carboxylic acids is 1. The molecular formula is C9H14N2O3S. The number of hydrogen-bond donors (Lipinski definition) is 2. The van der Waals surface area contributed by atoms with E-state index in [1.807, 2.05) is 18.4 Å². The molecule has 0 aliphatic heterocycles. The molecule has 0 aliphatic carbocycles. The summed E-state index contributed by atoms with van der Waals surface area (Å²) in [4.78, 5) is 15.1. The molecule has 5 nitrogen and oxygen atoms in total. The van der Waals surface area contributed by atoms with Crippen LogP contribution in [0.2, 0.25) is 0 Å². The first kappa shape index (κ1) is 12.1.